The lowest BCUT2D eigenvalue weighted by Gasteiger charge is -2.27. The van der Waals surface area contributed by atoms with Crippen LogP contribution in [0, 0.1) is 0 Å². The van der Waals surface area contributed by atoms with E-state index in [4.69, 9.17) is 10.9 Å². The van der Waals surface area contributed by atoms with Crippen LogP contribution in [0.3, 0.4) is 0 Å². The van der Waals surface area contributed by atoms with Crippen LogP contribution in [0.5, 0.6) is 0 Å². The second-order valence-corrected chi connectivity index (χ2v) is 4.17. The van der Waals surface area contributed by atoms with Crippen LogP contribution in [0.4, 0.5) is 13.2 Å². The molecular weight excluding hydrogens is 281 g/mol. The van der Waals surface area contributed by atoms with E-state index in [1.807, 2.05) is 0 Å². The van der Waals surface area contributed by atoms with Gasteiger partial charge in [-0.2, -0.15) is 13.2 Å². The van der Waals surface area contributed by atoms with Crippen molar-refractivity contribution in [3.05, 3.63) is 11.6 Å². The number of amidine groups is 1. The van der Waals surface area contributed by atoms with Gasteiger partial charge in [-0.25, -0.2) is 0 Å². The fraction of sp³-hybridized carbons (Fsp3) is 0.556. The van der Waals surface area contributed by atoms with Crippen LogP contribution >= 0.6 is 0 Å². The van der Waals surface area contributed by atoms with Crippen LogP contribution in [0.2, 0.25) is 0 Å². The van der Waals surface area contributed by atoms with Crippen LogP contribution in [0.25, 0.3) is 0 Å². The largest absolute Gasteiger partial charge is 0.451 e. The number of hydrogen-bond donors (Lipinski definition) is 2. The van der Waals surface area contributed by atoms with Gasteiger partial charge in [-0.15, -0.1) is 10.2 Å². The van der Waals surface area contributed by atoms with Crippen molar-refractivity contribution in [2.45, 2.75) is 25.7 Å². The lowest BCUT2D eigenvalue weighted by atomic mass is 10.3. The predicted molar refractivity (Wildman–Crippen MR) is 58.5 cm³/mol. The first-order chi connectivity index (χ1) is 9.32. The summed E-state index contributed by atoms with van der Waals surface area (Å²) in [5.41, 5.74) is 5.21. The van der Waals surface area contributed by atoms with Gasteiger partial charge in [-0.3, -0.25) is 4.79 Å². The fourth-order valence-corrected chi connectivity index (χ4v) is 1.88. The molecule has 20 heavy (non-hydrogen) atoms. The van der Waals surface area contributed by atoms with Crippen molar-refractivity contribution < 1.29 is 23.2 Å². The molecule has 0 fully saturated rings. The summed E-state index contributed by atoms with van der Waals surface area (Å²) in [5, 5.41) is 17.6. The number of nitrogens with zero attached hydrogens (tertiary/aromatic N) is 5. The molecule has 0 saturated heterocycles. The van der Waals surface area contributed by atoms with E-state index >= 15 is 0 Å². The lowest BCUT2D eigenvalue weighted by molar-refractivity contribution is -0.148. The van der Waals surface area contributed by atoms with Gasteiger partial charge in [0.1, 0.15) is 5.84 Å². The summed E-state index contributed by atoms with van der Waals surface area (Å²) in [6.45, 7) is -0.0780. The Kier molecular flexibility index (Phi) is 3.51. The third kappa shape index (κ3) is 2.65. The molecule has 0 aromatic carbocycles. The smallest absolute Gasteiger partial charge is 0.409 e. The minimum atomic E-state index is -4.58. The van der Waals surface area contributed by atoms with Gasteiger partial charge < -0.3 is 20.4 Å². The maximum Gasteiger partial charge on any atom is 0.451 e. The van der Waals surface area contributed by atoms with Crippen molar-refractivity contribution >= 4 is 11.7 Å². The molecule has 1 aromatic heterocycles. The average molecular weight is 292 g/mol. The predicted octanol–water partition coefficient (Wildman–Crippen LogP) is -0.224. The van der Waals surface area contributed by atoms with Crippen molar-refractivity contribution in [1.29, 1.82) is 0 Å². The minimum Gasteiger partial charge on any atom is -0.409 e. The van der Waals surface area contributed by atoms with Gasteiger partial charge in [0, 0.05) is 13.1 Å². The Morgan fingerprint density at radius 2 is 2.10 bits per heavy atom. The van der Waals surface area contributed by atoms with Crippen LogP contribution in [-0.4, -0.2) is 43.2 Å². The molecule has 0 unspecified atom stereocenters. The number of amides is 1. The van der Waals surface area contributed by atoms with E-state index in [0.29, 0.717) is 0 Å². The normalized spacial score (nSPS) is 16.1. The Balaban J connectivity index is 2.13. The number of rotatable bonds is 2. The van der Waals surface area contributed by atoms with Gasteiger partial charge in [0.15, 0.2) is 5.82 Å². The summed E-state index contributed by atoms with van der Waals surface area (Å²) in [7, 11) is 0. The number of carbonyl (C=O) groups excluding carboxylic acids is 1. The van der Waals surface area contributed by atoms with E-state index in [-0.39, 0.29) is 37.7 Å². The molecule has 0 spiro atoms. The molecule has 1 aliphatic rings. The first-order valence-corrected chi connectivity index (χ1v) is 5.56. The van der Waals surface area contributed by atoms with Gasteiger partial charge in [0.2, 0.25) is 11.7 Å². The van der Waals surface area contributed by atoms with Gasteiger partial charge in [-0.1, -0.05) is 5.16 Å². The van der Waals surface area contributed by atoms with E-state index in [0.717, 1.165) is 4.57 Å². The quantitative estimate of drug-likeness (QED) is 0.339. The zero-order valence-corrected chi connectivity index (χ0v) is 10.1. The van der Waals surface area contributed by atoms with Gasteiger partial charge in [-0.05, 0) is 0 Å². The number of carbonyl (C=O) groups is 1. The highest BCUT2D eigenvalue weighted by Gasteiger charge is 2.39. The van der Waals surface area contributed by atoms with Crippen LogP contribution in [-0.2, 0) is 24.1 Å². The molecule has 1 aromatic rings. The van der Waals surface area contributed by atoms with Crippen molar-refractivity contribution in [2.75, 3.05) is 6.54 Å². The van der Waals surface area contributed by atoms with Gasteiger partial charge >= 0.3 is 6.18 Å². The maximum absolute atomic E-state index is 12.6. The average Bonchev–Trinajstić information content (AvgIpc) is 2.80. The number of oxime groups is 1. The van der Waals surface area contributed by atoms with Gasteiger partial charge in [0.05, 0.1) is 13.0 Å². The third-order valence-electron chi connectivity index (χ3n) is 2.82. The van der Waals surface area contributed by atoms with Crippen LogP contribution in [0.1, 0.15) is 18.1 Å². The lowest BCUT2D eigenvalue weighted by Crippen LogP contribution is -2.40. The molecule has 0 radical (unpaired) electrons. The molecule has 110 valence electrons. The Labute approximate surface area is 110 Å². The molecule has 1 amide bonds. The summed E-state index contributed by atoms with van der Waals surface area (Å²) in [6.07, 6.45) is -4.89. The van der Waals surface area contributed by atoms with E-state index in [9.17, 15) is 18.0 Å². The van der Waals surface area contributed by atoms with E-state index in [2.05, 4.69) is 15.4 Å². The molecule has 0 aliphatic carbocycles. The SMILES string of the molecule is NC(CC(=O)N1CCn2c(nnc2C(F)(F)F)C1)=NO. The highest BCUT2D eigenvalue weighted by Crippen LogP contribution is 2.29. The van der Waals surface area contributed by atoms with Crippen molar-refractivity contribution in [3.8, 4) is 0 Å². The van der Waals surface area contributed by atoms with E-state index in [1.165, 1.54) is 4.90 Å². The van der Waals surface area contributed by atoms with Crippen LogP contribution < -0.4 is 5.73 Å². The maximum atomic E-state index is 12.6. The zero-order valence-electron chi connectivity index (χ0n) is 10.1. The summed E-state index contributed by atoms with van der Waals surface area (Å²) >= 11 is 0. The number of halogens is 3. The minimum absolute atomic E-state index is 0.0523. The molecule has 2 rings (SSSR count). The molecule has 3 N–H and O–H groups in total. The number of nitrogens with two attached hydrogens (primary N) is 1. The number of hydrogen-bond acceptors (Lipinski definition) is 5. The number of aromatic nitrogens is 3. The molecule has 1 aliphatic heterocycles. The van der Waals surface area contributed by atoms with Crippen molar-refractivity contribution in [1.82, 2.24) is 19.7 Å². The Hall–Kier alpha value is -2.33. The van der Waals surface area contributed by atoms with Gasteiger partial charge in [0.25, 0.3) is 0 Å². The monoisotopic (exact) mass is 292 g/mol. The molecule has 0 atom stereocenters. The highest BCUT2D eigenvalue weighted by molar-refractivity contribution is 5.98. The molecular formula is C9H11F3N6O2. The third-order valence-corrected chi connectivity index (χ3v) is 2.82. The van der Waals surface area contributed by atoms with Crippen LogP contribution in [0.15, 0.2) is 5.16 Å². The fourth-order valence-electron chi connectivity index (χ4n) is 1.88. The van der Waals surface area contributed by atoms with E-state index in [1.54, 1.807) is 0 Å². The summed E-state index contributed by atoms with van der Waals surface area (Å²) < 4.78 is 38.8. The molecule has 11 heteroatoms. The van der Waals surface area contributed by atoms with Crippen molar-refractivity contribution in [2.24, 2.45) is 10.9 Å². The topological polar surface area (TPSA) is 110 Å². The summed E-state index contributed by atoms with van der Waals surface area (Å²) in [5.74, 6) is -1.74. The number of fused-ring (bicyclic) bond motifs is 1. The summed E-state index contributed by atoms with van der Waals surface area (Å²) in [6, 6.07) is 0. The highest BCUT2D eigenvalue weighted by atomic mass is 19.4. The summed E-state index contributed by atoms with van der Waals surface area (Å²) in [4.78, 5) is 13.0. The standard InChI is InChI=1S/C9H11F3N6O2/c10-9(11,12)8-15-14-6-4-17(1-2-18(6)8)7(19)3-5(13)16-20/h20H,1-4H2,(H2,13,16). The van der Waals surface area contributed by atoms with E-state index < -0.39 is 17.9 Å². The second-order valence-electron chi connectivity index (χ2n) is 4.17. The molecule has 0 bridgehead atoms. The first-order valence-electron chi connectivity index (χ1n) is 5.56. The van der Waals surface area contributed by atoms with Crippen molar-refractivity contribution in [3.63, 3.8) is 0 Å². The molecule has 2 heterocycles. The first kappa shape index (κ1) is 14.1. The number of alkyl halides is 3. The molecule has 8 nitrogen and oxygen atoms in total. The zero-order chi connectivity index (χ0) is 14.9. The molecule has 0 saturated carbocycles. The Morgan fingerprint density at radius 1 is 1.40 bits per heavy atom. The Bertz CT molecular complexity index is 552. The second kappa shape index (κ2) is 4.98. The Morgan fingerprint density at radius 3 is 2.70 bits per heavy atom.